The van der Waals surface area contributed by atoms with Crippen molar-refractivity contribution in [3.05, 3.63) is 0 Å². The lowest BCUT2D eigenvalue weighted by Gasteiger charge is -2.42. The molecule has 7 heteroatoms. The Hall–Kier alpha value is -1.34. The highest BCUT2D eigenvalue weighted by molar-refractivity contribution is 5.78. The van der Waals surface area contributed by atoms with Gasteiger partial charge in [0.25, 0.3) is 0 Å². The molecule has 21 heavy (non-hydrogen) atoms. The van der Waals surface area contributed by atoms with Crippen molar-refractivity contribution in [2.75, 3.05) is 52.4 Å². The smallest absolute Gasteiger partial charge is 0.320 e. The van der Waals surface area contributed by atoms with Crippen molar-refractivity contribution < 1.29 is 19.8 Å². The Kier molecular flexibility index (Phi) is 5.05. The zero-order valence-corrected chi connectivity index (χ0v) is 12.6. The molecule has 2 aliphatic heterocycles. The molecule has 0 aromatic rings. The van der Waals surface area contributed by atoms with Crippen molar-refractivity contribution >= 4 is 12.0 Å². The van der Waals surface area contributed by atoms with E-state index in [1.807, 2.05) is 0 Å². The van der Waals surface area contributed by atoms with Crippen LogP contribution in [0.15, 0.2) is 0 Å². The predicted octanol–water partition coefficient (Wildman–Crippen LogP) is -0.0970. The second-order valence-electron chi connectivity index (χ2n) is 6.23. The first-order valence-corrected chi connectivity index (χ1v) is 7.57. The average molecular weight is 299 g/mol. The van der Waals surface area contributed by atoms with E-state index in [0.29, 0.717) is 32.6 Å². The van der Waals surface area contributed by atoms with Crippen LogP contribution in [0.25, 0.3) is 0 Å². The Morgan fingerprint density at radius 1 is 1.10 bits per heavy atom. The van der Waals surface area contributed by atoms with E-state index < -0.39 is 11.4 Å². The molecule has 2 fully saturated rings. The van der Waals surface area contributed by atoms with Gasteiger partial charge in [-0.2, -0.15) is 0 Å². The van der Waals surface area contributed by atoms with Crippen molar-refractivity contribution in [1.82, 2.24) is 14.7 Å². The minimum Gasteiger partial charge on any atom is -0.481 e. The van der Waals surface area contributed by atoms with Gasteiger partial charge in [0.15, 0.2) is 0 Å². The Morgan fingerprint density at radius 2 is 1.76 bits per heavy atom. The summed E-state index contributed by atoms with van der Waals surface area (Å²) in [6, 6.07) is -0.0502. The molecule has 2 heterocycles. The molecular formula is C14H25N3O4. The van der Waals surface area contributed by atoms with E-state index in [0.717, 1.165) is 19.5 Å². The van der Waals surface area contributed by atoms with Gasteiger partial charge >= 0.3 is 12.0 Å². The van der Waals surface area contributed by atoms with Crippen LogP contribution in [0.1, 0.15) is 19.8 Å². The Balaban J connectivity index is 1.90. The van der Waals surface area contributed by atoms with Crippen molar-refractivity contribution in [2.45, 2.75) is 19.8 Å². The minimum atomic E-state index is -0.827. The molecule has 0 aromatic carbocycles. The molecule has 0 radical (unpaired) electrons. The summed E-state index contributed by atoms with van der Waals surface area (Å²) < 4.78 is 0. The average Bonchev–Trinajstić information content (AvgIpc) is 2.47. The number of piperidine rings is 1. The van der Waals surface area contributed by atoms with E-state index in [-0.39, 0.29) is 19.2 Å². The van der Waals surface area contributed by atoms with Crippen LogP contribution in [0.3, 0.4) is 0 Å². The standard InChI is InChI=1S/C14H25N3O4/c1-14(12(19)20)3-2-4-17(11-14)13(21)16-7-5-15(6-8-16)9-10-18/h18H,2-11H2,1H3,(H,19,20). The summed E-state index contributed by atoms with van der Waals surface area (Å²) >= 11 is 0. The number of rotatable bonds is 3. The lowest BCUT2D eigenvalue weighted by atomic mass is 9.82. The zero-order chi connectivity index (χ0) is 15.5. The first kappa shape index (κ1) is 16.0. The maximum atomic E-state index is 12.5. The highest BCUT2D eigenvalue weighted by Gasteiger charge is 2.40. The molecule has 0 spiro atoms. The largest absolute Gasteiger partial charge is 0.481 e. The van der Waals surface area contributed by atoms with Gasteiger partial charge in [0.2, 0.25) is 0 Å². The van der Waals surface area contributed by atoms with Crippen molar-refractivity contribution in [2.24, 2.45) is 5.41 Å². The monoisotopic (exact) mass is 299 g/mol. The number of aliphatic hydroxyl groups excluding tert-OH is 1. The summed E-state index contributed by atoms with van der Waals surface area (Å²) in [4.78, 5) is 29.5. The van der Waals surface area contributed by atoms with Crippen LogP contribution in [-0.4, -0.2) is 89.3 Å². The van der Waals surface area contributed by atoms with Crippen molar-refractivity contribution in [3.8, 4) is 0 Å². The van der Waals surface area contributed by atoms with Gasteiger partial charge in [0, 0.05) is 45.8 Å². The number of carboxylic acids is 1. The van der Waals surface area contributed by atoms with Crippen molar-refractivity contribution in [1.29, 1.82) is 0 Å². The van der Waals surface area contributed by atoms with Crippen LogP contribution in [0.5, 0.6) is 0 Å². The maximum Gasteiger partial charge on any atom is 0.320 e. The molecule has 2 aliphatic rings. The summed E-state index contributed by atoms with van der Waals surface area (Å²) in [6.07, 6.45) is 1.36. The van der Waals surface area contributed by atoms with Crippen LogP contribution < -0.4 is 0 Å². The second kappa shape index (κ2) is 6.62. The van der Waals surface area contributed by atoms with Crippen molar-refractivity contribution in [3.63, 3.8) is 0 Å². The lowest BCUT2D eigenvalue weighted by molar-refractivity contribution is -0.150. The summed E-state index contributed by atoms with van der Waals surface area (Å²) in [5, 5.41) is 18.2. The molecule has 7 nitrogen and oxygen atoms in total. The molecule has 1 atom stereocenters. The molecule has 0 bridgehead atoms. The number of piperazine rings is 1. The number of carboxylic acid groups (broad SMARTS) is 1. The third-order valence-corrected chi connectivity index (χ3v) is 4.54. The van der Waals surface area contributed by atoms with Gasteiger partial charge in [0.05, 0.1) is 12.0 Å². The van der Waals surface area contributed by atoms with Crippen LogP contribution >= 0.6 is 0 Å². The van der Waals surface area contributed by atoms with Crippen LogP contribution in [0, 0.1) is 5.41 Å². The Labute approximate surface area is 125 Å². The first-order valence-electron chi connectivity index (χ1n) is 7.57. The molecule has 0 saturated carbocycles. The second-order valence-corrected chi connectivity index (χ2v) is 6.23. The number of carbonyl (C=O) groups excluding carboxylic acids is 1. The number of hydrogen-bond donors (Lipinski definition) is 2. The molecule has 1 unspecified atom stereocenters. The highest BCUT2D eigenvalue weighted by atomic mass is 16.4. The molecule has 0 aromatic heterocycles. The zero-order valence-electron chi connectivity index (χ0n) is 12.6. The van der Waals surface area contributed by atoms with Gasteiger partial charge in [-0.15, -0.1) is 0 Å². The molecular weight excluding hydrogens is 274 g/mol. The third kappa shape index (κ3) is 3.65. The van der Waals surface area contributed by atoms with Crippen LogP contribution in [-0.2, 0) is 4.79 Å². The van der Waals surface area contributed by atoms with Gasteiger partial charge in [-0.05, 0) is 19.8 Å². The minimum absolute atomic E-state index is 0.0502. The summed E-state index contributed by atoms with van der Waals surface area (Å²) in [7, 11) is 0. The number of aliphatic hydroxyl groups is 1. The fourth-order valence-electron chi connectivity index (χ4n) is 3.08. The van der Waals surface area contributed by atoms with Crippen LogP contribution in [0.4, 0.5) is 4.79 Å². The van der Waals surface area contributed by atoms with Crippen LogP contribution in [0.2, 0.25) is 0 Å². The SMILES string of the molecule is CC1(C(=O)O)CCCN(C(=O)N2CCN(CCO)CC2)C1. The molecule has 2 N–H and O–H groups in total. The molecule has 0 aliphatic carbocycles. The Morgan fingerprint density at radius 3 is 2.33 bits per heavy atom. The molecule has 120 valence electrons. The summed E-state index contributed by atoms with van der Waals surface area (Å²) in [5.41, 5.74) is -0.827. The third-order valence-electron chi connectivity index (χ3n) is 4.54. The highest BCUT2D eigenvalue weighted by Crippen LogP contribution is 2.30. The molecule has 2 rings (SSSR count). The van der Waals surface area contributed by atoms with E-state index in [1.165, 1.54) is 0 Å². The number of urea groups is 1. The first-order chi connectivity index (χ1) is 9.96. The quantitative estimate of drug-likeness (QED) is 0.760. The fraction of sp³-hybridized carbons (Fsp3) is 0.857. The van der Waals surface area contributed by atoms with E-state index in [9.17, 15) is 14.7 Å². The maximum absolute atomic E-state index is 12.5. The number of likely N-dealkylation sites (tertiary alicyclic amines) is 1. The van der Waals surface area contributed by atoms with Gasteiger partial charge < -0.3 is 20.0 Å². The number of β-amino-alcohol motifs (C(OH)–C–C–N with tert-alkyl or cyclic N) is 1. The van der Waals surface area contributed by atoms with E-state index in [2.05, 4.69) is 4.90 Å². The summed E-state index contributed by atoms with van der Waals surface area (Å²) in [6.45, 7) is 6.22. The van der Waals surface area contributed by atoms with Gasteiger partial charge in [0.1, 0.15) is 0 Å². The number of amides is 2. The Bertz CT molecular complexity index is 396. The molecule has 2 amide bonds. The number of aliphatic carboxylic acids is 1. The lowest BCUT2D eigenvalue weighted by Crippen LogP contribution is -2.56. The number of carbonyl (C=O) groups is 2. The molecule has 2 saturated heterocycles. The predicted molar refractivity (Wildman–Crippen MR) is 77.0 cm³/mol. The van der Waals surface area contributed by atoms with E-state index in [1.54, 1.807) is 16.7 Å². The number of hydrogen-bond acceptors (Lipinski definition) is 4. The van der Waals surface area contributed by atoms with Gasteiger partial charge in [-0.25, -0.2) is 4.79 Å². The van der Waals surface area contributed by atoms with E-state index in [4.69, 9.17) is 5.11 Å². The normalized spacial score (nSPS) is 27.7. The van der Waals surface area contributed by atoms with Gasteiger partial charge in [-0.1, -0.05) is 0 Å². The van der Waals surface area contributed by atoms with Gasteiger partial charge in [-0.3, -0.25) is 9.69 Å². The summed E-state index contributed by atoms with van der Waals surface area (Å²) in [5.74, 6) is -0.826. The number of nitrogens with zero attached hydrogens (tertiary/aromatic N) is 3. The topological polar surface area (TPSA) is 84.3 Å². The van der Waals surface area contributed by atoms with E-state index >= 15 is 0 Å². The fourth-order valence-corrected chi connectivity index (χ4v) is 3.08.